The first-order valence-corrected chi connectivity index (χ1v) is 15.6. The molecule has 0 fully saturated rings. The number of benzene rings is 3. The highest BCUT2D eigenvalue weighted by Crippen LogP contribution is 2.28. The number of ether oxygens (including phenoxy) is 1. The zero-order chi connectivity index (χ0) is 31.0. The van der Waals surface area contributed by atoms with Crippen LogP contribution in [0, 0.1) is 5.82 Å². The summed E-state index contributed by atoms with van der Waals surface area (Å²) in [5.41, 5.74) is 0.708. The Morgan fingerprint density at radius 3 is 2.17 bits per heavy atom. The molecule has 42 heavy (non-hydrogen) atoms. The van der Waals surface area contributed by atoms with Gasteiger partial charge in [0.2, 0.25) is 11.8 Å². The average molecular weight is 639 g/mol. The van der Waals surface area contributed by atoms with Gasteiger partial charge in [-0.3, -0.25) is 13.9 Å². The van der Waals surface area contributed by atoms with Crippen molar-refractivity contribution in [3.63, 3.8) is 0 Å². The van der Waals surface area contributed by atoms with Crippen molar-refractivity contribution in [1.82, 2.24) is 10.2 Å². The van der Waals surface area contributed by atoms with Gasteiger partial charge in [-0.15, -0.1) is 0 Å². The molecule has 1 N–H and O–H groups in total. The predicted octanol–water partition coefficient (Wildman–Crippen LogP) is 6.06. The molecule has 3 aromatic carbocycles. The van der Waals surface area contributed by atoms with Crippen LogP contribution in [0.2, 0.25) is 10.0 Å². The maximum absolute atomic E-state index is 14.1. The smallest absolute Gasteiger partial charge is 0.264 e. The first kappa shape index (κ1) is 33.2. The lowest BCUT2D eigenvalue weighted by atomic mass is 10.1. The van der Waals surface area contributed by atoms with Gasteiger partial charge in [0.05, 0.1) is 17.2 Å². The summed E-state index contributed by atoms with van der Waals surface area (Å²) < 4.78 is 47.8. The third kappa shape index (κ3) is 8.36. The van der Waals surface area contributed by atoms with Gasteiger partial charge in [-0.2, -0.15) is 0 Å². The van der Waals surface area contributed by atoms with Crippen LogP contribution in [0.25, 0.3) is 0 Å². The predicted molar refractivity (Wildman–Crippen MR) is 163 cm³/mol. The summed E-state index contributed by atoms with van der Waals surface area (Å²) >= 11 is 12.5. The Hall–Kier alpha value is -3.34. The second-order valence-electron chi connectivity index (χ2n) is 9.74. The monoisotopic (exact) mass is 637 g/mol. The highest BCUT2D eigenvalue weighted by molar-refractivity contribution is 7.92. The Morgan fingerprint density at radius 1 is 0.976 bits per heavy atom. The number of nitrogens with zero attached hydrogens (tertiary/aromatic N) is 2. The van der Waals surface area contributed by atoms with E-state index in [2.05, 4.69) is 5.32 Å². The summed E-state index contributed by atoms with van der Waals surface area (Å²) in [4.78, 5) is 28.4. The van der Waals surface area contributed by atoms with Crippen molar-refractivity contribution in [2.45, 2.75) is 57.6 Å². The maximum Gasteiger partial charge on any atom is 0.264 e. The summed E-state index contributed by atoms with van der Waals surface area (Å²) in [6.45, 7) is 6.86. The van der Waals surface area contributed by atoms with Crippen LogP contribution >= 0.6 is 23.2 Å². The van der Waals surface area contributed by atoms with Crippen molar-refractivity contribution >= 4 is 50.7 Å². The van der Waals surface area contributed by atoms with Crippen molar-refractivity contribution in [3.05, 3.63) is 88.2 Å². The first-order chi connectivity index (χ1) is 19.9. The van der Waals surface area contributed by atoms with Crippen LogP contribution in [-0.2, 0) is 26.2 Å². The van der Waals surface area contributed by atoms with Crippen LogP contribution in [0.3, 0.4) is 0 Å². The Labute approximate surface area is 256 Å². The molecule has 0 heterocycles. The van der Waals surface area contributed by atoms with Crippen molar-refractivity contribution in [1.29, 1.82) is 0 Å². The Bertz CT molecular complexity index is 1490. The summed E-state index contributed by atoms with van der Waals surface area (Å²) in [7, 11) is -4.35. The van der Waals surface area contributed by atoms with E-state index in [1.54, 1.807) is 45.0 Å². The molecule has 0 aliphatic rings. The quantitative estimate of drug-likeness (QED) is 0.246. The number of carbonyl (C=O) groups is 2. The van der Waals surface area contributed by atoms with E-state index in [1.165, 1.54) is 23.1 Å². The second-order valence-corrected chi connectivity index (χ2v) is 12.4. The fourth-order valence-corrected chi connectivity index (χ4v) is 6.15. The molecular weight excluding hydrogens is 604 g/mol. The first-order valence-electron chi connectivity index (χ1n) is 13.4. The fraction of sp³-hybridized carbons (Fsp3) is 0.333. The number of anilines is 1. The molecule has 12 heteroatoms. The average Bonchev–Trinajstić information content (AvgIpc) is 2.93. The molecule has 0 bridgehead atoms. The number of carbonyl (C=O) groups excluding carboxylic acids is 2. The van der Waals surface area contributed by atoms with Gasteiger partial charge in [0.1, 0.15) is 24.2 Å². The zero-order valence-electron chi connectivity index (χ0n) is 23.8. The van der Waals surface area contributed by atoms with Crippen molar-refractivity contribution in [3.8, 4) is 5.75 Å². The van der Waals surface area contributed by atoms with Gasteiger partial charge in [-0.1, -0.05) is 36.2 Å². The van der Waals surface area contributed by atoms with Gasteiger partial charge in [0.25, 0.3) is 10.0 Å². The Kier molecular flexibility index (Phi) is 11.6. The van der Waals surface area contributed by atoms with E-state index in [9.17, 15) is 22.4 Å². The molecule has 0 saturated carbocycles. The number of rotatable bonds is 13. The molecule has 8 nitrogen and oxygen atoms in total. The number of halogens is 3. The topological polar surface area (TPSA) is 96.0 Å². The molecule has 1 unspecified atom stereocenters. The van der Waals surface area contributed by atoms with Crippen molar-refractivity contribution < 1.29 is 27.1 Å². The standard InChI is InChI=1S/C30H34Cl2FN3O5S/c1-5-28(30(38)34-20(3)4)35(18-21-7-8-22(31)17-27(21)32)29(37)19-36(24-11-13-25(14-12-24)41-6-2)42(39,40)26-15-9-23(33)10-16-26/h7-17,20,28H,5-6,18-19H2,1-4H3,(H,34,38). The van der Waals surface area contributed by atoms with Crippen molar-refractivity contribution in [2.75, 3.05) is 17.5 Å². The van der Waals surface area contributed by atoms with Crippen LogP contribution in [0.1, 0.15) is 39.7 Å². The molecule has 0 aliphatic carbocycles. The molecule has 1 atom stereocenters. The van der Waals surface area contributed by atoms with Gasteiger partial charge in [0.15, 0.2) is 0 Å². The van der Waals surface area contributed by atoms with Crippen LogP contribution < -0.4 is 14.4 Å². The molecule has 0 saturated heterocycles. The lowest BCUT2D eigenvalue weighted by Crippen LogP contribution is -2.53. The third-order valence-corrected chi connectivity index (χ3v) is 8.66. The highest BCUT2D eigenvalue weighted by Gasteiger charge is 2.34. The minimum Gasteiger partial charge on any atom is -0.494 e. The molecule has 226 valence electrons. The van der Waals surface area contributed by atoms with E-state index >= 15 is 0 Å². The molecule has 2 amide bonds. The zero-order valence-corrected chi connectivity index (χ0v) is 26.1. The van der Waals surface area contributed by atoms with E-state index in [1.807, 2.05) is 6.92 Å². The van der Waals surface area contributed by atoms with E-state index in [0.717, 1.165) is 28.6 Å². The summed E-state index contributed by atoms with van der Waals surface area (Å²) in [6, 6.07) is 14.2. The Morgan fingerprint density at radius 2 is 1.62 bits per heavy atom. The Balaban J connectivity index is 2.09. The molecule has 3 rings (SSSR count). The maximum atomic E-state index is 14.1. The summed E-state index contributed by atoms with van der Waals surface area (Å²) in [5.74, 6) is -1.13. The van der Waals surface area contributed by atoms with Crippen LogP contribution in [0.5, 0.6) is 5.75 Å². The molecule has 0 radical (unpaired) electrons. The van der Waals surface area contributed by atoms with E-state index in [4.69, 9.17) is 27.9 Å². The number of amides is 2. The van der Waals surface area contributed by atoms with Gasteiger partial charge in [-0.25, -0.2) is 12.8 Å². The third-order valence-electron chi connectivity index (χ3n) is 6.29. The molecule has 0 aromatic heterocycles. The molecule has 0 spiro atoms. The summed E-state index contributed by atoms with van der Waals surface area (Å²) in [5, 5.41) is 3.53. The van der Waals surface area contributed by atoms with E-state index < -0.39 is 34.3 Å². The number of sulfonamides is 1. The van der Waals surface area contributed by atoms with Crippen LogP contribution in [0.15, 0.2) is 71.6 Å². The van der Waals surface area contributed by atoms with Gasteiger partial charge in [-0.05, 0) is 93.4 Å². The SMILES string of the molecule is CCOc1ccc(N(CC(=O)N(Cc2ccc(Cl)cc2Cl)C(CC)C(=O)NC(C)C)S(=O)(=O)c2ccc(F)cc2)cc1. The van der Waals surface area contributed by atoms with E-state index in [-0.39, 0.29) is 35.5 Å². The lowest BCUT2D eigenvalue weighted by molar-refractivity contribution is -0.140. The lowest BCUT2D eigenvalue weighted by Gasteiger charge is -2.33. The minimum absolute atomic E-state index is 0.0768. The molecular formula is C30H34Cl2FN3O5S. The van der Waals surface area contributed by atoms with Crippen LogP contribution in [0.4, 0.5) is 10.1 Å². The highest BCUT2D eigenvalue weighted by atomic mass is 35.5. The molecule has 3 aromatic rings. The van der Waals surface area contributed by atoms with E-state index in [0.29, 0.717) is 28.0 Å². The van der Waals surface area contributed by atoms with Gasteiger partial charge in [0, 0.05) is 22.6 Å². The van der Waals surface area contributed by atoms with Gasteiger partial charge >= 0.3 is 0 Å². The number of hydrogen-bond donors (Lipinski definition) is 1. The normalized spacial score (nSPS) is 12.1. The number of nitrogens with one attached hydrogen (secondary N) is 1. The van der Waals surface area contributed by atoms with Crippen LogP contribution in [-0.4, -0.2) is 50.4 Å². The number of hydrogen-bond acceptors (Lipinski definition) is 5. The largest absolute Gasteiger partial charge is 0.494 e. The molecule has 0 aliphatic heterocycles. The van der Waals surface area contributed by atoms with Gasteiger partial charge < -0.3 is 15.0 Å². The minimum atomic E-state index is -4.35. The fourth-order valence-electron chi connectivity index (χ4n) is 4.27. The summed E-state index contributed by atoms with van der Waals surface area (Å²) in [6.07, 6.45) is 0.253. The van der Waals surface area contributed by atoms with Crippen molar-refractivity contribution in [2.24, 2.45) is 0 Å². The second kappa shape index (κ2) is 14.7.